The first kappa shape index (κ1) is 21.5. The fourth-order valence-electron chi connectivity index (χ4n) is 3.18. The average molecular weight is 451 g/mol. The van der Waals surface area contributed by atoms with Crippen molar-refractivity contribution >= 4 is 15.7 Å². The van der Waals surface area contributed by atoms with Crippen molar-refractivity contribution in [2.24, 2.45) is 0 Å². The van der Waals surface area contributed by atoms with E-state index in [-0.39, 0.29) is 11.4 Å². The number of hydrogen-bond acceptors (Lipinski definition) is 6. The standard InChI is InChI=1S/C24H22N2O5S/c1-29-21-12-8-18(9-13-21)24-25-19(17-31-24)16-26(20-10-14-22(30-2)15-11-20)32(27,28)23-6-4-3-5-7-23/h3-15,17H,16H2,1-2H3. The number of sulfonamides is 1. The van der Waals surface area contributed by atoms with E-state index in [1.807, 2.05) is 24.3 Å². The number of hydrogen-bond donors (Lipinski definition) is 0. The average Bonchev–Trinajstić information content (AvgIpc) is 3.32. The van der Waals surface area contributed by atoms with Crippen molar-refractivity contribution < 1.29 is 22.3 Å². The maximum Gasteiger partial charge on any atom is 0.264 e. The van der Waals surface area contributed by atoms with Crippen LogP contribution in [0.2, 0.25) is 0 Å². The normalized spacial score (nSPS) is 11.2. The zero-order valence-corrected chi connectivity index (χ0v) is 18.5. The molecule has 4 aromatic rings. The Kier molecular flexibility index (Phi) is 6.13. The minimum absolute atomic E-state index is 0.00319. The van der Waals surface area contributed by atoms with Crippen molar-refractivity contribution in [1.29, 1.82) is 0 Å². The SMILES string of the molecule is COc1ccc(-c2nc(CN(c3ccc(OC)cc3)S(=O)(=O)c3ccccc3)co2)cc1. The molecule has 3 aromatic carbocycles. The van der Waals surface area contributed by atoms with Gasteiger partial charge in [0.15, 0.2) is 0 Å². The van der Waals surface area contributed by atoms with Gasteiger partial charge in [0.05, 0.1) is 31.3 Å². The molecule has 0 aliphatic heterocycles. The highest BCUT2D eigenvalue weighted by molar-refractivity contribution is 7.92. The van der Waals surface area contributed by atoms with E-state index >= 15 is 0 Å². The van der Waals surface area contributed by atoms with Crippen LogP contribution in [0.3, 0.4) is 0 Å². The molecule has 0 atom stereocenters. The van der Waals surface area contributed by atoms with E-state index in [0.29, 0.717) is 23.0 Å². The van der Waals surface area contributed by atoms with E-state index in [1.54, 1.807) is 68.8 Å². The third kappa shape index (κ3) is 4.45. The summed E-state index contributed by atoms with van der Waals surface area (Å²) in [5.74, 6) is 1.75. The van der Waals surface area contributed by atoms with Crippen LogP contribution < -0.4 is 13.8 Å². The first-order valence-corrected chi connectivity index (χ1v) is 11.3. The Balaban J connectivity index is 1.68. The Bertz CT molecular complexity index is 1270. The second kappa shape index (κ2) is 9.15. The van der Waals surface area contributed by atoms with Gasteiger partial charge in [0.25, 0.3) is 10.0 Å². The lowest BCUT2D eigenvalue weighted by Crippen LogP contribution is -2.30. The Morgan fingerprint density at radius 2 is 1.44 bits per heavy atom. The molecule has 0 fully saturated rings. The zero-order valence-electron chi connectivity index (χ0n) is 17.6. The lowest BCUT2D eigenvalue weighted by Gasteiger charge is -2.23. The molecule has 4 rings (SSSR count). The topological polar surface area (TPSA) is 81.9 Å². The van der Waals surface area contributed by atoms with Crippen molar-refractivity contribution in [1.82, 2.24) is 4.98 Å². The monoisotopic (exact) mass is 450 g/mol. The van der Waals surface area contributed by atoms with Crippen LogP contribution in [-0.2, 0) is 16.6 Å². The van der Waals surface area contributed by atoms with Crippen LogP contribution >= 0.6 is 0 Å². The smallest absolute Gasteiger partial charge is 0.264 e. The van der Waals surface area contributed by atoms with Crippen LogP contribution in [0.4, 0.5) is 5.69 Å². The van der Waals surface area contributed by atoms with Gasteiger partial charge in [0.1, 0.15) is 23.5 Å². The minimum atomic E-state index is -3.84. The van der Waals surface area contributed by atoms with E-state index in [9.17, 15) is 8.42 Å². The number of benzene rings is 3. The second-order valence-corrected chi connectivity index (χ2v) is 8.76. The van der Waals surface area contributed by atoms with Gasteiger partial charge in [0, 0.05) is 5.56 Å². The number of aromatic nitrogens is 1. The number of rotatable bonds is 8. The van der Waals surface area contributed by atoms with Crippen molar-refractivity contribution in [3.05, 3.63) is 90.8 Å². The van der Waals surface area contributed by atoms with Crippen LogP contribution in [0.15, 0.2) is 94.4 Å². The molecule has 164 valence electrons. The molecule has 0 aliphatic rings. The lowest BCUT2D eigenvalue weighted by molar-refractivity contribution is 0.414. The molecule has 0 aliphatic carbocycles. The summed E-state index contributed by atoms with van der Waals surface area (Å²) in [4.78, 5) is 4.69. The zero-order chi connectivity index (χ0) is 22.6. The first-order valence-electron chi connectivity index (χ1n) is 9.82. The summed E-state index contributed by atoms with van der Waals surface area (Å²) < 4.78 is 44.2. The number of oxazole rings is 1. The van der Waals surface area contributed by atoms with Crippen LogP contribution in [0.25, 0.3) is 11.5 Å². The highest BCUT2D eigenvalue weighted by Crippen LogP contribution is 2.29. The molecule has 8 heteroatoms. The number of ether oxygens (including phenoxy) is 2. The quantitative estimate of drug-likeness (QED) is 0.385. The summed E-state index contributed by atoms with van der Waals surface area (Å²) in [5.41, 5.74) is 1.73. The summed E-state index contributed by atoms with van der Waals surface area (Å²) in [6.07, 6.45) is 1.47. The predicted molar refractivity (Wildman–Crippen MR) is 121 cm³/mol. The van der Waals surface area contributed by atoms with Gasteiger partial charge < -0.3 is 13.9 Å². The Morgan fingerprint density at radius 1 is 0.844 bits per heavy atom. The van der Waals surface area contributed by atoms with E-state index in [1.165, 1.54) is 10.6 Å². The van der Waals surface area contributed by atoms with Crippen molar-refractivity contribution in [2.45, 2.75) is 11.4 Å². The minimum Gasteiger partial charge on any atom is -0.497 e. The van der Waals surface area contributed by atoms with Crippen molar-refractivity contribution in [3.8, 4) is 23.0 Å². The Morgan fingerprint density at radius 3 is 2.03 bits per heavy atom. The third-order valence-electron chi connectivity index (χ3n) is 4.89. The van der Waals surface area contributed by atoms with Gasteiger partial charge >= 0.3 is 0 Å². The highest BCUT2D eigenvalue weighted by Gasteiger charge is 2.26. The van der Waals surface area contributed by atoms with Crippen molar-refractivity contribution in [3.63, 3.8) is 0 Å². The molecule has 0 unspecified atom stereocenters. The lowest BCUT2D eigenvalue weighted by atomic mass is 10.2. The van der Waals surface area contributed by atoms with Gasteiger partial charge in [-0.1, -0.05) is 18.2 Å². The Labute approximate surface area is 186 Å². The predicted octanol–water partition coefficient (Wildman–Crippen LogP) is 4.75. The molecule has 0 amide bonds. The summed E-state index contributed by atoms with van der Waals surface area (Å²) in [5, 5.41) is 0. The molecule has 32 heavy (non-hydrogen) atoms. The van der Waals surface area contributed by atoms with E-state index in [4.69, 9.17) is 13.9 Å². The van der Waals surface area contributed by atoms with Crippen LogP contribution in [-0.4, -0.2) is 27.6 Å². The largest absolute Gasteiger partial charge is 0.497 e. The molecular weight excluding hydrogens is 428 g/mol. The maximum atomic E-state index is 13.5. The fraction of sp³-hybridized carbons (Fsp3) is 0.125. The first-order chi connectivity index (χ1) is 15.5. The maximum absolute atomic E-state index is 13.5. The van der Waals surface area contributed by atoms with Crippen LogP contribution in [0.1, 0.15) is 5.69 Å². The van der Waals surface area contributed by atoms with Gasteiger partial charge in [-0.2, -0.15) is 0 Å². The van der Waals surface area contributed by atoms with Crippen LogP contribution in [0, 0.1) is 0 Å². The van der Waals surface area contributed by atoms with Gasteiger partial charge in [-0.05, 0) is 60.7 Å². The van der Waals surface area contributed by atoms with Gasteiger partial charge in [0.2, 0.25) is 5.89 Å². The number of anilines is 1. The molecule has 0 radical (unpaired) electrons. The molecular formula is C24H22N2O5S. The van der Waals surface area contributed by atoms with Gasteiger partial charge in [-0.15, -0.1) is 0 Å². The van der Waals surface area contributed by atoms with Gasteiger partial charge in [-0.25, -0.2) is 13.4 Å². The second-order valence-electron chi connectivity index (χ2n) is 6.90. The summed E-state index contributed by atoms with van der Waals surface area (Å²) in [6, 6.07) is 22.4. The highest BCUT2D eigenvalue weighted by atomic mass is 32.2. The molecule has 1 aromatic heterocycles. The van der Waals surface area contributed by atoms with E-state index in [2.05, 4.69) is 4.98 Å². The summed E-state index contributed by atoms with van der Waals surface area (Å²) in [6.45, 7) is 0.00319. The molecule has 7 nitrogen and oxygen atoms in total. The molecule has 0 spiro atoms. The molecule has 0 saturated carbocycles. The van der Waals surface area contributed by atoms with E-state index < -0.39 is 10.0 Å². The summed E-state index contributed by atoms with van der Waals surface area (Å²) >= 11 is 0. The molecule has 0 bridgehead atoms. The number of methoxy groups -OCH3 is 2. The summed E-state index contributed by atoms with van der Waals surface area (Å²) in [7, 11) is -0.686. The van der Waals surface area contributed by atoms with Gasteiger partial charge in [-0.3, -0.25) is 4.31 Å². The molecule has 0 N–H and O–H groups in total. The molecule has 1 heterocycles. The number of nitrogens with zero attached hydrogens (tertiary/aromatic N) is 2. The fourth-order valence-corrected chi connectivity index (χ4v) is 4.63. The third-order valence-corrected chi connectivity index (χ3v) is 6.67. The Hall–Kier alpha value is -3.78. The molecule has 0 saturated heterocycles. The van der Waals surface area contributed by atoms with Crippen molar-refractivity contribution in [2.75, 3.05) is 18.5 Å². The van der Waals surface area contributed by atoms with Crippen LogP contribution in [0.5, 0.6) is 11.5 Å². The van der Waals surface area contributed by atoms with E-state index in [0.717, 1.165) is 11.3 Å².